The first-order valence-electron chi connectivity index (χ1n) is 11.4. The number of rotatable bonds is 8. The van der Waals surface area contributed by atoms with Crippen molar-refractivity contribution >= 4 is 22.7 Å². The van der Waals surface area contributed by atoms with Gasteiger partial charge in [-0.15, -0.1) is 0 Å². The lowest BCUT2D eigenvalue weighted by Crippen LogP contribution is -2.08. The fraction of sp³-hybridized carbons (Fsp3) is 0.250. The van der Waals surface area contributed by atoms with Crippen LogP contribution in [-0.4, -0.2) is 30.2 Å². The molecular formula is C28H27N3O4. The standard InChI is InChI=1S/C28H27N3O4/c1-19(20-10-6-4-7-11-20)31-28-22-16-23(26(33-2)17-24(22)29-18-30-28)25-15-14-21(35-25)12-8-5-9-13-27(32)34-3/h4,6-7,10-11,14-19H,5,9,13H2,1-3H3,(H,29,30,31). The maximum Gasteiger partial charge on any atom is 0.305 e. The van der Waals surface area contributed by atoms with E-state index in [0.717, 1.165) is 27.8 Å². The molecule has 7 nitrogen and oxygen atoms in total. The van der Waals surface area contributed by atoms with Gasteiger partial charge in [-0.3, -0.25) is 4.79 Å². The van der Waals surface area contributed by atoms with Gasteiger partial charge in [0.05, 0.1) is 25.3 Å². The Hall–Kier alpha value is -4.31. The van der Waals surface area contributed by atoms with E-state index in [-0.39, 0.29) is 12.0 Å². The fourth-order valence-electron chi connectivity index (χ4n) is 3.71. The van der Waals surface area contributed by atoms with E-state index < -0.39 is 0 Å². The van der Waals surface area contributed by atoms with Gasteiger partial charge in [-0.25, -0.2) is 9.97 Å². The van der Waals surface area contributed by atoms with Gasteiger partial charge in [-0.05, 0) is 43.0 Å². The van der Waals surface area contributed by atoms with Crippen LogP contribution in [0.2, 0.25) is 0 Å². The van der Waals surface area contributed by atoms with Gasteiger partial charge in [0.2, 0.25) is 0 Å². The van der Waals surface area contributed by atoms with Crippen LogP contribution in [0.5, 0.6) is 5.75 Å². The average molecular weight is 470 g/mol. The predicted molar refractivity (Wildman–Crippen MR) is 135 cm³/mol. The van der Waals surface area contributed by atoms with Crippen molar-refractivity contribution in [2.75, 3.05) is 19.5 Å². The molecule has 0 aliphatic heterocycles. The summed E-state index contributed by atoms with van der Waals surface area (Å²) in [5.41, 5.74) is 2.71. The highest BCUT2D eigenvalue weighted by Gasteiger charge is 2.16. The Kier molecular flexibility index (Phi) is 7.63. The van der Waals surface area contributed by atoms with E-state index in [1.54, 1.807) is 13.4 Å². The van der Waals surface area contributed by atoms with Crippen molar-refractivity contribution in [1.29, 1.82) is 0 Å². The quantitative estimate of drug-likeness (QED) is 0.199. The van der Waals surface area contributed by atoms with Crippen molar-refractivity contribution in [2.45, 2.75) is 32.2 Å². The lowest BCUT2D eigenvalue weighted by Gasteiger charge is -2.17. The summed E-state index contributed by atoms with van der Waals surface area (Å²) in [6, 6.07) is 17.8. The van der Waals surface area contributed by atoms with Gasteiger partial charge in [0.1, 0.15) is 23.7 Å². The minimum absolute atomic E-state index is 0.0597. The number of carbonyl (C=O) groups is 1. The van der Waals surface area contributed by atoms with Gasteiger partial charge >= 0.3 is 5.97 Å². The van der Waals surface area contributed by atoms with Crippen molar-refractivity contribution < 1.29 is 18.7 Å². The Morgan fingerprint density at radius 3 is 2.71 bits per heavy atom. The third kappa shape index (κ3) is 5.79. The summed E-state index contributed by atoms with van der Waals surface area (Å²) < 4.78 is 16.3. The van der Waals surface area contributed by atoms with Gasteiger partial charge in [-0.2, -0.15) is 0 Å². The molecule has 1 N–H and O–H groups in total. The van der Waals surface area contributed by atoms with E-state index in [1.165, 1.54) is 7.11 Å². The number of nitrogens with one attached hydrogen (secondary N) is 1. The smallest absolute Gasteiger partial charge is 0.305 e. The molecule has 4 aromatic rings. The number of esters is 1. The van der Waals surface area contributed by atoms with Gasteiger partial charge in [-0.1, -0.05) is 36.3 Å². The summed E-state index contributed by atoms with van der Waals surface area (Å²) in [6.07, 6.45) is 3.12. The molecule has 0 aliphatic carbocycles. The maximum atomic E-state index is 11.2. The van der Waals surface area contributed by atoms with Crippen molar-refractivity contribution in [1.82, 2.24) is 9.97 Å². The molecule has 0 amide bonds. The number of fused-ring (bicyclic) bond motifs is 1. The Morgan fingerprint density at radius 1 is 1.11 bits per heavy atom. The van der Waals surface area contributed by atoms with Crippen LogP contribution >= 0.6 is 0 Å². The highest BCUT2D eigenvalue weighted by atomic mass is 16.5. The first-order chi connectivity index (χ1) is 17.1. The number of nitrogens with zero attached hydrogens (tertiary/aromatic N) is 2. The van der Waals surface area contributed by atoms with Crippen LogP contribution in [-0.2, 0) is 9.53 Å². The van der Waals surface area contributed by atoms with Gasteiger partial charge in [0.25, 0.3) is 0 Å². The van der Waals surface area contributed by atoms with Crippen LogP contribution in [0, 0.1) is 11.8 Å². The second-order valence-corrected chi connectivity index (χ2v) is 7.96. The highest BCUT2D eigenvalue weighted by Crippen LogP contribution is 2.36. The van der Waals surface area contributed by atoms with E-state index in [1.807, 2.05) is 42.5 Å². The molecule has 0 fully saturated rings. The molecule has 4 rings (SSSR count). The van der Waals surface area contributed by atoms with Crippen LogP contribution in [0.1, 0.15) is 43.6 Å². The molecule has 1 atom stereocenters. The summed E-state index contributed by atoms with van der Waals surface area (Å²) in [7, 11) is 3.00. The van der Waals surface area contributed by atoms with Crippen LogP contribution in [0.4, 0.5) is 5.82 Å². The number of aromatic nitrogens is 2. The molecule has 0 saturated carbocycles. The lowest BCUT2D eigenvalue weighted by molar-refractivity contribution is -0.140. The number of benzene rings is 2. The second-order valence-electron chi connectivity index (χ2n) is 7.96. The summed E-state index contributed by atoms with van der Waals surface area (Å²) >= 11 is 0. The molecule has 0 radical (unpaired) electrons. The van der Waals surface area contributed by atoms with Gasteiger partial charge < -0.3 is 19.2 Å². The third-order valence-corrected chi connectivity index (χ3v) is 5.60. The zero-order valence-electron chi connectivity index (χ0n) is 20.0. The van der Waals surface area contributed by atoms with Crippen LogP contribution in [0.3, 0.4) is 0 Å². The largest absolute Gasteiger partial charge is 0.496 e. The molecule has 2 heterocycles. The molecule has 7 heteroatoms. The topological polar surface area (TPSA) is 86.5 Å². The van der Waals surface area contributed by atoms with E-state index in [9.17, 15) is 4.79 Å². The normalized spacial score (nSPS) is 11.4. The Bertz CT molecular complexity index is 1370. The molecule has 35 heavy (non-hydrogen) atoms. The summed E-state index contributed by atoms with van der Waals surface area (Å²) in [5, 5.41) is 4.36. The number of hydrogen-bond donors (Lipinski definition) is 1. The minimum atomic E-state index is -0.230. The minimum Gasteiger partial charge on any atom is -0.496 e. The first-order valence-corrected chi connectivity index (χ1v) is 11.4. The van der Waals surface area contributed by atoms with E-state index in [2.05, 4.69) is 50.9 Å². The molecule has 0 saturated heterocycles. The van der Waals surface area contributed by atoms with Crippen molar-refractivity contribution in [2.24, 2.45) is 0 Å². The third-order valence-electron chi connectivity index (χ3n) is 5.60. The lowest BCUT2D eigenvalue weighted by atomic mass is 10.1. The van der Waals surface area contributed by atoms with Crippen molar-refractivity contribution in [3.05, 3.63) is 72.2 Å². The summed E-state index contributed by atoms with van der Waals surface area (Å²) in [6.45, 7) is 2.09. The first kappa shape index (κ1) is 23.8. The Balaban J connectivity index is 1.60. The predicted octanol–water partition coefficient (Wildman–Crippen LogP) is 5.77. The molecular weight excluding hydrogens is 442 g/mol. The number of carbonyl (C=O) groups excluding carboxylic acids is 1. The number of unbranched alkanes of at least 4 members (excludes halogenated alkanes) is 1. The highest BCUT2D eigenvalue weighted by molar-refractivity contribution is 5.94. The SMILES string of the molecule is COC(=O)CCCC#Cc1ccc(-c2cc3c(NC(C)c4ccccc4)ncnc3cc2OC)o1. The van der Waals surface area contributed by atoms with Crippen LogP contribution in [0.15, 0.2) is 65.3 Å². The summed E-state index contributed by atoms with van der Waals surface area (Å²) in [5.74, 6) is 8.37. The second kappa shape index (κ2) is 11.2. The van der Waals surface area contributed by atoms with E-state index in [4.69, 9.17) is 9.15 Å². The Labute approximate surface area is 204 Å². The monoisotopic (exact) mass is 469 g/mol. The molecule has 0 bridgehead atoms. The van der Waals surface area contributed by atoms with Gasteiger partial charge in [0, 0.05) is 30.3 Å². The van der Waals surface area contributed by atoms with Crippen molar-refractivity contribution in [3.8, 4) is 28.9 Å². The molecule has 1 unspecified atom stereocenters. The molecule has 0 aliphatic rings. The van der Waals surface area contributed by atoms with Crippen LogP contribution in [0.25, 0.3) is 22.2 Å². The number of ether oxygens (including phenoxy) is 2. The zero-order valence-corrected chi connectivity index (χ0v) is 20.0. The fourth-order valence-corrected chi connectivity index (χ4v) is 3.71. The average Bonchev–Trinajstić information content (AvgIpc) is 3.37. The molecule has 2 aromatic carbocycles. The number of hydrogen-bond acceptors (Lipinski definition) is 7. The van der Waals surface area contributed by atoms with Crippen molar-refractivity contribution in [3.63, 3.8) is 0 Å². The van der Waals surface area contributed by atoms with Gasteiger partial charge in [0.15, 0.2) is 5.76 Å². The summed E-state index contributed by atoms with van der Waals surface area (Å²) in [4.78, 5) is 20.1. The van der Waals surface area contributed by atoms with E-state index in [0.29, 0.717) is 36.5 Å². The Morgan fingerprint density at radius 2 is 1.94 bits per heavy atom. The zero-order chi connectivity index (χ0) is 24.6. The molecule has 178 valence electrons. The van der Waals surface area contributed by atoms with Crippen LogP contribution < -0.4 is 10.1 Å². The number of anilines is 1. The number of methoxy groups -OCH3 is 2. The van der Waals surface area contributed by atoms with E-state index >= 15 is 0 Å². The number of furan rings is 1. The molecule has 0 spiro atoms. The maximum absolute atomic E-state index is 11.2. The molecule has 2 aromatic heterocycles.